The first-order valence-corrected chi connectivity index (χ1v) is 5.81. The second-order valence-electron chi connectivity index (χ2n) is 2.20. The molecule has 0 heterocycles. The third kappa shape index (κ3) is 3.08. The Hall–Kier alpha value is 0.370. The van der Waals surface area contributed by atoms with Crippen LogP contribution in [0.4, 0.5) is 0 Å². The molecule has 1 rings (SSSR count). The molecule has 11 heavy (non-hydrogen) atoms. The molecule has 0 amide bonds. The van der Waals surface area contributed by atoms with Crippen LogP contribution < -0.4 is 10.6 Å². The fourth-order valence-corrected chi connectivity index (χ4v) is 2.50. The molecular formula is C8H11ClP2. The maximum atomic E-state index is 5.60. The zero-order chi connectivity index (χ0) is 8.10. The molecule has 0 radical (unpaired) electrons. The van der Waals surface area contributed by atoms with Crippen LogP contribution in [0.3, 0.4) is 0 Å². The standard InChI is InChI=1S/C8H11ClP2/c9-5-6-11-8-4-2-1-3-7(8)10/h1-4,11H,5-6,10H2. The quantitative estimate of drug-likeness (QED) is 0.520. The molecule has 0 nitrogen and oxygen atoms in total. The number of rotatable bonds is 3. The smallest absolute Gasteiger partial charge is 0.0263 e. The summed E-state index contributed by atoms with van der Waals surface area (Å²) < 4.78 is 0. The molecule has 2 unspecified atom stereocenters. The van der Waals surface area contributed by atoms with Crippen LogP contribution in [-0.2, 0) is 0 Å². The summed E-state index contributed by atoms with van der Waals surface area (Å²) in [5.41, 5.74) is 0. The van der Waals surface area contributed by atoms with Crippen molar-refractivity contribution >= 4 is 40.0 Å². The van der Waals surface area contributed by atoms with Crippen LogP contribution in [0.5, 0.6) is 0 Å². The summed E-state index contributed by atoms with van der Waals surface area (Å²) in [7, 11) is 3.60. The summed E-state index contributed by atoms with van der Waals surface area (Å²) in [4.78, 5) is 0. The second-order valence-corrected chi connectivity index (χ2v) is 4.60. The van der Waals surface area contributed by atoms with Crippen molar-refractivity contribution in [2.45, 2.75) is 0 Å². The molecule has 1 aromatic carbocycles. The Balaban J connectivity index is 2.62. The van der Waals surface area contributed by atoms with Gasteiger partial charge in [0.1, 0.15) is 0 Å². The van der Waals surface area contributed by atoms with Gasteiger partial charge in [-0.3, -0.25) is 0 Å². The van der Waals surface area contributed by atoms with E-state index >= 15 is 0 Å². The van der Waals surface area contributed by atoms with E-state index in [2.05, 4.69) is 33.5 Å². The van der Waals surface area contributed by atoms with Crippen molar-refractivity contribution in [3.63, 3.8) is 0 Å². The Kier molecular flexibility index (Phi) is 4.38. The van der Waals surface area contributed by atoms with Crippen LogP contribution in [0, 0.1) is 0 Å². The van der Waals surface area contributed by atoms with Gasteiger partial charge in [0.2, 0.25) is 0 Å². The van der Waals surface area contributed by atoms with Crippen LogP contribution in [-0.4, -0.2) is 12.0 Å². The van der Waals surface area contributed by atoms with Crippen LogP contribution in [0.1, 0.15) is 0 Å². The van der Waals surface area contributed by atoms with Crippen molar-refractivity contribution in [3.05, 3.63) is 24.3 Å². The van der Waals surface area contributed by atoms with Gasteiger partial charge >= 0.3 is 0 Å². The van der Waals surface area contributed by atoms with Crippen molar-refractivity contribution in [2.24, 2.45) is 0 Å². The van der Waals surface area contributed by atoms with Gasteiger partial charge in [-0.2, -0.15) is 0 Å². The van der Waals surface area contributed by atoms with Crippen molar-refractivity contribution in [1.82, 2.24) is 0 Å². The zero-order valence-corrected chi connectivity index (χ0v) is 9.09. The van der Waals surface area contributed by atoms with E-state index in [9.17, 15) is 0 Å². The van der Waals surface area contributed by atoms with E-state index in [1.54, 1.807) is 0 Å². The number of hydrogen-bond acceptors (Lipinski definition) is 0. The predicted molar refractivity (Wildman–Crippen MR) is 59.3 cm³/mol. The van der Waals surface area contributed by atoms with Crippen molar-refractivity contribution in [3.8, 4) is 0 Å². The van der Waals surface area contributed by atoms with E-state index in [1.165, 1.54) is 10.6 Å². The van der Waals surface area contributed by atoms with E-state index in [0.717, 1.165) is 20.6 Å². The lowest BCUT2D eigenvalue weighted by atomic mass is 10.4. The van der Waals surface area contributed by atoms with Gasteiger partial charge in [-0.05, 0) is 16.8 Å². The van der Waals surface area contributed by atoms with Gasteiger partial charge < -0.3 is 0 Å². The Bertz CT molecular complexity index is 225. The fourth-order valence-electron chi connectivity index (χ4n) is 0.840. The molecule has 0 fully saturated rings. The molecule has 2 atom stereocenters. The average Bonchev–Trinajstić information content (AvgIpc) is 2.03. The molecule has 0 bridgehead atoms. The Labute approximate surface area is 76.7 Å². The lowest BCUT2D eigenvalue weighted by Gasteiger charge is -2.02. The van der Waals surface area contributed by atoms with Crippen LogP contribution in [0.2, 0.25) is 0 Å². The minimum Gasteiger partial charge on any atom is -0.126 e. The molecular weight excluding hydrogens is 193 g/mol. The van der Waals surface area contributed by atoms with E-state index < -0.39 is 0 Å². The highest BCUT2D eigenvalue weighted by Gasteiger charge is 1.94. The first-order chi connectivity index (χ1) is 5.34. The molecule has 0 spiro atoms. The van der Waals surface area contributed by atoms with Gasteiger partial charge in [0.25, 0.3) is 0 Å². The molecule has 0 saturated carbocycles. The zero-order valence-electron chi connectivity index (χ0n) is 6.18. The summed E-state index contributed by atoms with van der Waals surface area (Å²) in [6, 6.07) is 8.40. The van der Waals surface area contributed by atoms with E-state index in [1.807, 2.05) is 0 Å². The minimum atomic E-state index is 0.761. The van der Waals surface area contributed by atoms with Gasteiger partial charge in [0.15, 0.2) is 0 Å². The van der Waals surface area contributed by atoms with Crippen molar-refractivity contribution in [2.75, 3.05) is 12.0 Å². The second kappa shape index (κ2) is 5.09. The Morgan fingerprint density at radius 2 is 2.09 bits per heavy atom. The first-order valence-electron chi connectivity index (χ1n) is 3.49. The van der Waals surface area contributed by atoms with E-state index in [0.29, 0.717) is 0 Å². The largest absolute Gasteiger partial charge is 0.126 e. The predicted octanol–water partition coefficient (Wildman–Crippen LogP) is 1.73. The highest BCUT2D eigenvalue weighted by Crippen LogP contribution is 2.09. The minimum absolute atomic E-state index is 0.761. The molecule has 0 aliphatic rings. The summed E-state index contributed by atoms with van der Waals surface area (Å²) in [5.74, 6) is 0.761. The number of alkyl halides is 1. The average molecular weight is 205 g/mol. The molecule has 0 aliphatic carbocycles. The van der Waals surface area contributed by atoms with Gasteiger partial charge in [0.05, 0.1) is 0 Å². The number of benzene rings is 1. The van der Waals surface area contributed by atoms with Crippen LogP contribution >= 0.6 is 29.4 Å². The first kappa shape index (κ1) is 9.46. The van der Waals surface area contributed by atoms with Gasteiger partial charge in [0, 0.05) is 5.88 Å². The van der Waals surface area contributed by atoms with Crippen molar-refractivity contribution < 1.29 is 0 Å². The summed E-state index contributed by atoms with van der Waals surface area (Å²) in [5, 5.41) is 2.72. The molecule has 0 N–H and O–H groups in total. The fraction of sp³-hybridized carbons (Fsp3) is 0.250. The Morgan fingerprint density at radius 3 is 2.73 bits per heavy atom. The number of halogens is 1. The van der Waals surface area contributed by atoms with E-state index in [4.69, 9.17) is 11.6 Å². The lowest BCUT2D eigenvalue weighted by molar-refractivity contribution is 1.53. The molecule has 3 heteroatoms. The SMILES string of the molecule is Pc1ccccc1PCCCl. The third-order valence-electron chi connectivity index (χ3n) is 1.37. The number of hydrogen-bond donors (Lipinski definition) is 0. The topological polar surface area (TPSA) is 0 Å². The molecule has 60 valence electrons. The normalized spacial score (nSPS) is 11.1. The monoisotopic (exact) mass is 204 g/mol. The van der Waals surface area contributed by atoms with Gasteiger partial charge in [-0.15, -0.1) is 20.8 Å². The highest BCUT2D eigenvalue weighted by molar-refractivity contribution is 7.50. The van der Waals surface area contributed by atoms with Crippen LogP contribution in [0.15, 0.2) is 24.3 Å². The van der Waals surface area contributed by atoms with Crippen LogP contribution in [0.25, 0.3) is 0 Å². The molecule has 0 aromatic heterocycles. The molecule has 1 aromatic rings. The third-order valence-corrected chi connectivity index (χ3v) is 4.01. The van der Waals surface area contributed by atoms with E-state index in [-0.39, 0.29) is 0 Å². The molecule has 0 saturated heterocycles. The summed E-state index contributed by atoms with van der Waals surface area (Å²) in [6.07, 6.45) is 1.09. The highest BCUT2D eigenvalue weighted by atomic mass is 35.5. The maximum Gasteiger partial charge on any atom is 0.0263 e. The van der Waals surface area contributed by atoms with Crippen molar-refractivity contribution in [1.29, 1.82) is 0 Å². The van der Waals surface area contributed by atoms with Gasteiger partial charge in [-0.25, -0.2) is 0 Å². The van der Waals surface area contributed by atoms with Gasteiger partial charge in [-0.1, -0.05) is 32.8 Å². The summed E-state index contributed by atoms with van der Waals surface area (Å²) in [6.45, 7) is 0. The lowest BCUT2D eigenvalue weighted by Crippen LogP contribution is -2.12. The summed E-state index contributed by atoms with van der Waals surface area (Å²) >= 11 is 5.60. The maximum absolute atomic E-state index is 5.60. The Morgan fingerprint density at radius 1 is 1.36 bits per heavy atom. The molecule has 0 aliphatic heterocycles.